The van der Waals surface area contributed by atoms with E-state index in [0.29, 0.717) is 11.5 Å². The van der Waals surface area contributed by atoms with Crippen LogP contribution in [0, 0.1) is 5.41 Å². The third kappa shape index (κ3) is 2.94. The summed E-state index contributed by atoms with van der Waals surface area (Å²) in [7, 11) is 0. The number of anilines is 1. The number of benzene rings is 1. The van der Waals surface area contributed by atoms with E-state index in [1.54, 1.807) is 0 Å². The van der Waals surface area contributed by atoms with Crippen molar-refractivity contribution in [2.75, 3.05) is 24.5 Å². The molecule has 1 aliphatic rings. The zero-order valence-corrected chi connectivity index (χ0v) is 12.9. The molecule has 1 saturated heterocycles. The smallest absolute Gasteiger partial charge is 0.0369 e. The minimum atomic E-state index is 0.438. The predicted octanol–water partition coefficient (Wildman–Crippen LogP) is 3.98. The Hall–Kier alpha value is -1.02. The molecular formula is C17H28N2. The maximum absolute atomic E-state index is 3.48. The Bertz CT molecular complexity index is 401. The van der Waals surface area contributed by atoms with E-state index in [0.717, 1.165) is 6.54 Å². The molecule has 1 unspecified atom stereocenters. The Labute approximate surface area is 118 Å². The normalized spacial score (nSPS) is 19.1. The summed E-state index contributed by atoms with van der Waals surface area (Å²) in [5, 5.41) is 3.48. The Morgan fingerprint density at radius 2 is 1.89 bits per heavy atom. The molecule has 2 rings (SSSR count). The Morgan fingerprint density at radius 3 is 2.47 bits per heavy atom. The average molecular weight is 260 g/mol. The van der Waals surface area contributed by atoms with Crippen molar-refractivity contribution >= 4 is 5.69 Å². The van der Waals surface area contributed by atoms with Crippen LogP contribution in [-0.2, 0) is 0 Å². The van der Waals surface area contributed by atoms with Crippen LogP contribution in [0.3, 0.4) is 0 Å². The molecule has 2 heteroatoms. The second-order valence-corrected chi connectivity index (χ2v) is 5.94. The van der Waals surface area contributed by atoms with Crippen LogP contribution in [0.15, 0.2) is 24.3 Å². The monoisotopic (exact) mass is 260 g/mol. The molecule has 2 nitrogen and oxygen atoms in total. The Kier molecular flexibility index (Phi) is 4.51. The van der Waals surface area contributed by atoms with Crippen LogP contribution >= 0.6 is 0 Å². The summed E-state index contributed by atoms with van der Waals surface area (Å²) in [4.78, 5) is 2.52. The summed E-state index contributed by atoms with van der Waals surface area (Å²) in [6.07, 6.45) is 2.60. The van der Waals surface area contributed by atoms with Crippen LogP contribution in [0.1, 0.15) is 52.1 Å². The molecule has 0 spiro atoms. The van der Waals surface area contributed by atoms with E-state index in [-0.39, 0.29) is 0 Å². The number of nitrogens with one attached hydrogen (secondary N) is 1. The summed E-state index contributed by atoms with van der Waals surface area (Å²) < 4.78 is 0. The maximum atomic E-state index is 3.48. The molecule has 1 atom stereocenters. The van der Waals surface area contributed by atoms with Gasteiger partial charge in [-0.15, -0.1) is 0 Å². The molecule has 0 radical (unpaired) electrons. The third-order valence-electron chi connectivity index (χ3n) is 4.80. The molecule has 0 aliphatic carbocycles. The van der Waals surface area contributed by atoms with Gasteiger partial charge in [-0.25, -0.2) is 0 Å². The molecular weight excluding hydrogens is 232 g/mol. The summed E-state index contributed by atoms with van der Waals surface area (Å²) in [6.45, 7) is 12.5. The molecule has 0 amide bonds. The molecule has 1 aromatic carbocycles. The lowest BCUT2D eigenvalue weighted by molar-refractivity contribution is 0.194. The van der Waals surface area contributed by atoms with Gasteiger partial charge in [0.15, 0.2) is 0 Å². The second-order valence-electron chi connectivity index (χ2n) is 5.94. The van der Waals surface area contributed by atoms with Crippen LogP contribution in [0.25, 0.3) is 0 Å². The van der Waals surface area contributed by atoms with E-state index in [1.807, 2.05) is 0 Å². The minimum absolute atomic E-state index is 0.438. The fraction of sp³-hybridized carbons (Fsp3) is 0.647. The molecule has 0 bridgehead atoms. The van der Waals surface area contributed by atoms with Crippen molar-refractivity contribution in [1.29, 1.82) is 0 Å². The zero-order valence-electron chi connectivity index (χ0n) is 12.9. The van der Waals surface area contributed by atoms with E-state index in [1.165, 1.54) is 37.2 Å². The van der Waals surface area contributed by atoms with Crippen molar-refractivity contribution in [1.82, 2.24) is 5.32 Å². The molecule has 1 aliphatic heterocycles. The van der Waals surface area contributed by atoms with Gasteiger partial charge in [-0.2, -0.15) is 0 Å². The molecule has 106 valence electrons. The van der Waals surface area contributed by atoms with Gasteiger partial charge in [-0.1, -0.05) is 32.9 Å². The Morgan fingerprint density at radius 1 is 1.21 bits per heavy atom. The van der Waals surface area contributed by atoms with E-state index < -0.39 is 0 Å². The highest BCUT2D eigenvalue weighted by Crippen LogP contribution is 2.40. The van der Waals surface area contributed by atoms with Crippen LogP contribution in [0.5, 0.6) is 0 Å². The van der Waals surface area contributed by atoms with Gasteiger partial charge >= 0.3 is 0 Å². The first-order valence-corrected chi connectivity index (χ1v) is 7.72. The van der Waals surface area contributed by atoms with Gasteiger partial charge in [0.2, 0.25) is 0 Å². The topological polar surface area (TPSA) is 15.3 Å². The summed E-state index contributed by atoms with van der Waals surface area (Å²) in [5.74, 6) is 0. The van der Waals surface area contributed by atoms with Gasteiger partial charge in [0.25, 0.3) is 0 Å². The third-order valence-corrected chi connectivity index (χ3v) is 4.80. The highest BCUT2D eigenvalue weighted by atomic mass is 15.2. The SMILES string of the molecule is CCNC(C)c1cccc(N2CC(CC)(CC)C2)c1. The summed E-state index contributed by atoms with van der Waals surface area (Å²) in [6, 6.07) is 9.45. The van der Waals surface area contributed by atoms with Crippen LogP contribution in [-0.4, -0.2) is 19.6 Å². The fourth-order valence-corrected chi connectivity index (χ4v) is 3.06. The lowest BCUT2D eigenvalue weighted by Crippen LogP contribution is -2.55. The lowest BCUT2D eigenvalue weighted by atomic mass is 9.75. The van der Waals surface area contributed by atoms with E-state index in [4.69, 9.17) is 0 Å². The van der Waals surface area contributed by atoms with Gasteiger partial charge in [-0.3, -0.25) is 0 Å². The van der Waals surface area contributed by atoms with Crippen LogP contribution in [0.4, 0.5) is 5.69 Å². The highest BCUT2D eigenvalue weighted by molar-refractivity contribution is 5.52. The van der Waals surface area contributed by atoms with Gasteiger partial charge in [0, 0.05) is 30.2 Å². The quantitative estimate of drug-likeness (QED) is 0.832. The molecule has 1 aromatic rings. The first-order chi connectivity index (χ1) is 9.14. The van der Waals surface area contributed by atoms with Crippen molar-refractivity contribution in [3.63, 3.8) is 0 Å². The van der Waals surface area contributed by atoms with Crippen molar-refractivity contribution < 1.29 is 0 Å². The van der Waals surface area contributed by atoms with Gasteiger partial charge in [0.1, 0.15) is 0 Å². The number of rotatable bonds is 6. The largest absolute Gasteiger partial charge is 0.370 e. The Balaban J connectivity index is 2.05. The number of nitrogens with zero attached hydrogens (tertiary/aromatic N) is 1. The van der Waals surface area contributed by atoms with Gasteiger partial charge in [0.05, 0.1) is 0 Å². The average Bonchev–Trinajstić information content (AvgIpc) is 2.39. The molecule has 1 heterocycles. The first kappa shape index (κ1) is 14.4. The highest BCUT2D eigenvalue weighted by Gasteiger charge is 2.39. The molecule has 19 heavy (non-hydrogen) atoms. The summed E-state index contributed by atoms with van der Waals surface area (Å²) >= 11 is 0. The van der Waals surface area contributed by atoms with Crippen LogP contribution < -0.4 is 10.2 Å². The van der Waals surface area contributed by atoms with Gasteiger partial charge < -0.3 is 10.2 Å². The number of hydrogen-bond donors (Lipinski definition) is 1. The fourth-order valence-electron chi connectivity index (χ4n) is 3.06. The van der Waals surface area contributed by atoms with Crippen LogP contribution in [0.2, 0.25) is 0 Å². The maximum Gasteiger partial charge on any atom is 0.0369 e. The van der Waals surface area contributed by atoms with Crippen molar-refractivity contribution in [2.45, 2.75) is 46.6 Å². The molecule has 0 aromatic heterocycles. The van der Waals surface area contributed by atoms with Crippen molar-refractivity contribution in [3.8, 4) is 0 Å². The predicted molar refractivity (Wildman–Crippen MR) is 83.8 cm³/mol. The molecule has 1 N–H and O–H groups in total. The van der Waals surface area contributed by atoms with Crippen molar-refractivity contribution in [3.05, 3.63) is 29.8 Å². The zero-order chi connectivity index (χ0) is 13.9. The van der Waals surface area contributed by atoms with Gasteiger partial charge in [-0.05, 0) is 44.0 Å². The van der Waals surface area contributed by atoms with E-state index in [9.17, 15) is 0 Å². The van der Waals surface area contributed by atoms with E-state index in [2.05, 4.69) is 62.2 Å². The summed E-state index contributed by atoms with van der Waals surface area (Å²) in [5.41, 5.74) is 3.35. The lowest BCUT2D eigenvalue weighted by Gasteiger charge is -2.51. The standard InChI is InChI=1S/C17H28N2/c1-5-17(6-2)12-19(13-17)16-10-8-9-15(11-16)14(4)18-7-3/h8-11,14,18H,5-7,12-13H2,1-4H3. The molecule has 0 saturated carbocycles. The molecule has 1 fully saturated rings. The van der Waals surface area contributed by atoms with E-state index >= 15 is 0 Å². The second kappa shape index (κ2) is 5.96. The van der Waals surface area contributed by atoms with Crippen molar-refractivity contribution in [2.24, 2.45) is 5.41 Å². The number of hydrogen-bond acceptors (Lipinski definition) is 2. The first-order valence-electron chi connectivity index (χ1n) is 7.72. The minimum Gasteiger partial charge on any atom is -0.370 e.